The second-order valence-electron chi connectivity index (χ2n) is 4.41. The fourth-order valence-electron chi connectivity index (χ4n) is 1.90. The number of halogens is 1. The van der Waals surface area contributed by atoms with Gasteiger partial charge in [0.2, 0.25) is 0 Å². The predicted octanol–water partition coefficient (Wildman–Crippen LogP) is 3.66. The van der Waals surface area contributed by atoms with Crippen LogP contribution in [0.3, 0.4) is 0 Å². The van der Waals surface area contributed by atoms with E-state index in [0.717, 1.165) is 5.56 Å². The molecule has 2 aromatic carbocycles. The topological polar surface area (TPSA) is 55.1 Å². The van der Waals surface area contributed by atoms with Gasteiger partial charge in [0.15, 0.2) is 5.78 Å². The number of benzene rings is 2. The summed E-state index contributed by atoms with van der Waals surface area (Å²) in [6.45, 7) is 3.28. The van der Waals surface area contributed by atoms with E-state index in [1.165, 1.54) is 13.0 Å². The molecular formula is C15H15FN2O. The lowest BCUT2D eigenvalue weighted by molar-refractivity contribution is 0.101. The number of Topliss-reactive ketones (excluding diaryl/α,β-unsaturated/α-hetero) is 1. The number of hydrogen-bond donors (Lipinski definition) is 2. The third-order valence-electron chi connectivity index (χ3n) is 2.92. The molecule has 0 atom stereocenters. The lowest BCUT2D eigenvalue weighted by Crippen LogP contribution is -2.02. The standard InChI is InChI=1S/C15H15FN2O/c1-9-4-3-5-13(16)15(9)18-11-6-7-12(10(2)19)14(17)8-11/h3-8,18H,17H2,1-2H3. The molecule has 0 aliphatic heterocycles. The average Bonchev–Trinajstić information content (AvgIpc) is 2.33. The quantitative estimate of drug-likeness (QED) is 0.652. The van der Waals surface area contributed by atoms with Gasteiger partial charge in [-0.3, -0.25) is 4.79 Å². The molecule has 2 aromatic rings. The molecular weight excluding hydrogens is 243 g/mol. The van der Waals surface area contributed by atoms with Gasteiger partial charge in [-0.05, 0) is 43.7 Å². The molecule has 0 saturated heterocycles. The third-order valence-corrected chi connectivity index (χ3v) is 2.92. The van der Waals surface area contributed by atoms with Crippen LogP contribution in [0.25, 0.3) is 0 Å². The van der Waals surface area contributed by atoms with Crippen LogP contribution in [0.15, 0.2) is 36.4 Å². The van der Waals surface area contributed by atoms with Gasteiger partial charge in [-0.15, -0.1) is 0 Å². The Hall–Kier alpha value is -2.36. The van der Waals surface area contributed by atoms with E-state index in [-0.39, 0.29) is 11.6 Å². The van der Waals surface area contributed by atoms with E-state index in [0.29, 0.717) is 22.6 Å². The van der Waals surface area contributed by atoms with Crippen molar-refractivity contribution in [3.63, 3.8) is 0 Å². The highest BCUT2D eigenvalue weighted by Gasteiger charge is 2.08. The van der Waals surface area contributed by atoms with Crippen LogP contribution in [-0.4, -0.2) is 5.78 Å². The molecule has 0 heterocycles. The minimum atomic E-state index is -0.325. The Kier molecular flexibility index (Phi) is 3.51. The highest BCUT2D eigenvalue weighted by atomic mass is 19.1. The van der Waals surface area contributed by atoms with E-state index in [1.807, 2.05) is 13.0 Å². The summed E-state index contributed by atoms with van der Waals surface area (Å²) in [4.78, 5) is 11.3. The second kappa shape index (κ2) is 5.10. The number of nitrogens with two attached hydrogens (primary N) is 1. The lowest BCUT2D eigenvalue weighted by Gasteiger charge is -2.12. The van der Waals surface area contributed by atoms with Gasteiger partial charge in [-0.25, -0.2) is 4.39 Å². The maximum absolute atomic E-state index is 13.7. The highest BCUT2D eigenvalue weighted by molar-refractivity contribution is 5.99. The molecule has 3 nitrogen and oxygen atoms in total. The first kappa shape index (κ1) is 13.1. The zero-order valence-electron chi connectivity index (χ0n) is 10.8. The number of carbonyl (C=O) groups is 1. The summed E-state index contributed by atoms with van der Waals surface area (Å²) in [6, 6.07) is 9.84. The molecule has 4 heteroatoms. The van der Waals surface area contributed by atoms with Crippen LogP contribution in [0.2, 0.25) is 0 Å². The molecule has 0 bridgehead atoms. The fraction of sp³-hybridized carbons (Fsp3) is 0.133. The zero-order valence-corrected chi connectivity index (χ0v) is 10.8. The van der Waals surface area contributed by atoms with E-state index in [2.05, 4.69) is 5.32 Å². The van der Waals surface area contributed by atoms with Crippen molar-refractivity contribution in [2.45, 2.75) is 13.8 Å². The van der Waals surface area contributed by atoms with E-state index in [4.69, 9.17) is 5.73 Å². The normalized spacial score (nSPS) is 10.3. The molecule has 0 fully saturated rings. The summed E-state index contributed by atoms with van der Waals surface area (Å²) in [5.74, 6) is -0.416. The van der Waals surface area contributed by atoms with Crippen LogP contribution in [0.4, 0.5) is 21.5 Å². The van der Waals surface area contributed by atoms with Crippen LogP contribution in [0.5, 0.6) is 0 Å². The van der Waals surface area contributed by atoms with Crippen molar-refractivity contribution in [1.82, 2.24) is 0 Å². The molecule has 0 aromatic heterocycles. The summed E-state index contributed by atoms with van der Waals surface area (Å²) < 4.78 is 13.7. The number of nitrogen functional groups attached to an aromatic ring is 1. The number of anilines is 3. The number of carbonyl (C=O) groups excluding carboxylic acids is 1. The van der Waals surface area contributed by atoms with Crippen molar-refractivity contribution in [2.75, 3.05) is 11.1 Å². The van der Waals surface area contributed by atoms with Gasteiger partial charge in [0.1, 0.15) is 5.82 Å². The minimum absolute atomic E-state index is 0.0916. The lowest BCUT2D eigenvalue weighted by atomic mass is 10.1. The van der Waals surface area contributed by atoms with E-state index in [1.54, 1.807) is 24.3 Å². The number of nitrogens with one attached hydrogen (secondary N) is 1. The van der Waals surface area contributed by atoms with Crippen LogP contribution in [-0.2, 0) is 0 Å². The number of para-hydroxylation sites is 1. The first-order valence-electron chi connectivity index (χ1n) is 5.91. The summed E-state index contributed by atoms with van der Waals surface area (Å²) in [5.41, 5.74) is 8.51. The smallest absolute Gasteiger partial charge is 0.161 e. The SMILES string of the molecule is CC(=O)c1ccc(Nc2c(C)cccc2F)cc1N. The average molecular weight is 258 g/mol. The van der Waals surface area contributed by atoms with Crippen molar-refractivity contribution in [1.29, 1.82) is 0 Å². The van der Waals surface area contributed by atoms with E-state index >= 15 is 0 Å². The van der Waals surface area contributed by atoms with Crippen molar-refractivity contribution in [2.24, 2.45) is 0 Å². The number of aryl methyl sites for hydroxylation is 1. The molecule has 3 N–H and O–H groups in total. The van der Waals surface area contributed by atoms with Crippen molar-refractivity contribution in [3.05, 3.63) is 53.3 Å². The van der Waals surface area contributed by atoms with Crippen LogP contribution >= 0.6 is 0 Å². The predicted molar refractivity (Wildman–Crippen MR) is 75.3 cm³/mol. The molecule has 0 saturated carbocycles. The van der Waals surface area contributed by atoms with Gasteiger partial charge in [-0.1, -0.05) is 12.1 Å². The first-order valence-corrected chi connectivity index (χ1v) is 5.91. The maximum Gasteiger partial charge on any atom is 0.161 e. The van der Waals surface area contributed by atoms with Gasteiger partial charge >= 0.3 is 0 Å². The van der Waals surface area contributed by atoms with Crippen molar-refractivity contribution in [3.8, 4) is 0 Å². The number of rotatable bonds is 3. The summed E-state index contributed by atoms with van der Waals surface area (Å²) in [5, 5.41) is 2.98. The Bertz CT molecular complexity index is 618. The van der Waals surface area contributed by atoms with Gasteiger partial charge in [-0.2, -0.15) is 0 Å². The van der Waals surface area contributed by atoms with E-state index in [9.17, 15) is 9.18 Å². The second-order valence-corrected chi connectivity index (χ2v) is 4.41. The van der Waals surface area contributed by atoms with Crippen LogP contribution in [0, 0.1) is 12.7 Å². The molecule has 0 aliphatic carbocycles. The van der Waals surface area contributed by atoms with E-state index < -0.39 is 0 Å². The van der Waals surface area contributed by atoms with Gasteiger partial charge in [0.05, 0.1) is 5.69 Å². The molecule has 0 amide bonds. The Morgan fingerprint density at radius 3 is 2.58 bits per heavy atom. The van der Waals surface area contributed by atoms with Crippen LogP contribution < -0.4 is 11.1 Å². The summed E-state index contributed by atoms with van der Waals surface area (Å²) in [7, 11) is 0. The zero-order chi connectivity index (χ0) is 14.0. The molecule has 19 heavy (non-hydrogen) atoms. The Morgan fingerprint density at radius 2 is 2.00 bits per heavy atom. The molecule has 2 rings (SSSR count). The Morgan fingerprint density at radius 1 is 1.26 bits per heavy atom. The Labute approximate surface area is 111 Å². The fourth-order valence-corrected chi connectivity index (χ4v) is 1.90. The summed E-state index contributed by atoms with van der Waals surface area (Å²) >= 11 is 0. The molecule has 0 radical (unpaired) electrons. The van der Waals surface area contributed by atoms with Crippen LogP contribution in [0.1, 0.15) is 22.8 Å². The molecule has 0 unspecified atom stereocenters. The largest absolute Gasteiger partial charge is 0.398 e. The monoisotopic (exact) mass is 258 g/mol. The molecule has 0 aliphatic rings. The van der Waals surface area contributed by atoms with Gasteiger partial charge < -0.3 is 11.1 Å². The number of ketones is 1. The van der Waals surface area contributed by atoms with Crippen molar-refractivity contribution >= 4 is 22.8 Å². The van der Waals surface area contributed by atoms with Gasteiger partial charge in [0.25, 0.3) is 0 Å². The van der Waals surface area contributed by atoms with Gasteiger partial charge in [0, 0.05) is 16.9 Å². The minimum Gasteiger partial charge on any atom is -0.398 e. The highest BCUT2D eigenvalue weighted by Crippen LogP contribution is 2.26. The molecule has 0 spiro atoms. The number of hydrogen-bond acceptors (Lipinski definition) is 3. The molecule has 98 valence electrons. The third kappa shape index (κ3) is 2.73. The maximum atomic E-state index is 13.7. The summed E-state index contributed by atoms with van der Waals surface area (Å²) in [6.07, 6.45) is 0. The van der Waals surface area contributed by atoms with Crippen molar-refractivity contribution < 1.29 is 9.18 Å². The Balaban J connectivity index is 2.34. The first-order chi connectivity index (χ1) is 8.99.